The molecule has 5 nitrogen and oxygen atoms in total. The van der Waals surface area contributed by atoms with Crippen LogP contribution in [0.25, 0.3) is 0 Å². The second-order valence-electron chi connectivity index (χ2n) is 4.51. The molecule has 0 saturated carbocycles. The lowest BCUT2D eigenvalue weighted by Crippen LogP contribution is -2.53. The largest absolute Gasteiger partial charge is 0.497 e. The van der Waals surface area contributed by atoms with Crippen LogP contribution in [0.1, 0.15) is 18.6 Å². The van der Waals surface area contributed by atoms with Crippen LogP contribution in [0, 0.1) is 0 Å². The summed E-state index contributed by atoms with van der Waals surface area (Å²) >= 11 is 0. The Balaban J connectivity index is 2.21. The number of ether oxygens (including phenoxy) is 2. The summed E-state index contributed by atoms with van der Waals surface area (Å²) in [6, 6.07) is 7.05. The van der Waals surface area contributed by atoms with E-state index in [9.17, 15) is 15.3 Å². The fraction of sp³-hybridized carbons (Fsp3) is 0.538. The van der Waals surface area contributed by atoms with Gasteiger partial charge in [0, 0.05) is 0 Å². The molecule has 1 aromatic carbocycles. The van der Waals surface area contributed by atoms with Gasteiger partial charge in [-0.3, -0.25) is 0 Å². The van der Waals surface area contributed by atoms with E-state index in [0.29, 0.717) is 5.75 Å². The Morgan fingerprint density at radius 3 is 2.17 bits per heavy atom. The zero-order valence-corrected chi connectivity index (χ0v) is 10.4. The first-order valence-corrected chi connectivity index (χ1v) is 5.88. The van der Waals surface area contributed by atoms with E-state index in [0.717, 1.165) is 5.56 Å². The van der Waals surface area contributed by atoms with E-state index in [1.165, 1.54) is 0 Å². The molecule has 3 N–H and O–H groups in total. The van der Waals surface area contributed by atoms with Gasteiger partial charge in [0.2, 0.25) is 0 Å². The molecule has 1 heterocycles. The summed E-state index contributed by atoms with van der Waals surface area (Å²) in [6.07, 6.45) is -4.61. The van der Waals surface area contributed by atoms with Crippen molar-refractivity contribution < 1.29 is 24.8 Å². The molecule has 5 heteroatoms. The quantitative estimate of drug-likeness (QED) is 0.704. The van der Waals surface area contributed by atoms with Crippen LogP contribution in [-0.2, 0) is 4.74 Å². The highest BCUT2D eigenvalue weighted by Gasteiger charge is 2.42. The number of hydrogen-bond donors (Lipinski definition) is 3. The number of aliphatic hydroxyl groups excluding tert-OH is 3. The Hall–Kier alpha value is -1.14. The molecule has 1 fully saturated rings. The maximum Gasteiger partial charge on any atom is 0.118 e. The summed E-state index contributed by atoms with van der Waals surface area (Å²) in [5.41, 5.74) is 0.737. The fourth-order valence-corrected chi connectivity index (χ4v) is 2.12. The van der Waals surface area contributed by atoms with Crippen molar-refractivity contribution in [3.63, 3.8) is 0 Å². The number of aliphatic hydroxyl groups is 3. The van der Waals surface area contributed by atoms with E-state index in [1.807, 2.05) is 0 Å². The zero-order valence-electron chi connectivity index (χ0n) is 10.4. The first-order valence-electron chi connectivity index (χ1n) is 5.88. The molecule has 1 aliphatic rings. The minimum Gasteiger partial charge on any atom is -0.497 e. The lowest BCUT2D eigenvalue weighted by molar-refractivity contribution is -0.219. The fourth-order valence-electron chi connectivity index (χ4n) is 2.12. The summed E-state index contributed by atoms with van der Waals surface area (Å²) in [5, 5.41) is 29.3. The molecule has 0 radical (unpaired) electrons. The standard InChI is InChI=1S/C13H18O5/c1-7-10(14)11(15)12(16)13(18-7)8-3-5-9(17-2)6-4-8/h3-7,10-16H,1-2H3/t7-,10+,11+,12-,13+/m0/s1. The molecule has 0 spiro atoms. The molecule has 0 bridgehead atoms. The van der Waals surface area contributed by atoms with Crippen molar-refractivity contribution in [3.8, 4) is 5.75 Å². The Kier molecular flexibility index (Phi) is 3.87. The van der Waals surface area contributed by atoms with Gasteiger partial charge in [0.05, 0.1) is 13.2 Å². The Morgan fingerprint density at radius 2 is 1.61 bits per heavy atom. The second kappa shape index (κ2) is 5.24. The van der Waals surface area contributed by atoms with Gasteiger partial charge in [-0.25, -0.2) is 0 Å². The van der Waals surface area contributed by atoms with E-state index in [1.54, 1.807) is 38.3 Å². The Bertz CT molecular complexity index is 391. The van der Waals surface area contributed by atoms with E-state index < -0.39 is 30.5 Å². The van der Waals surface area contributed by atoms with Crippen LogP contribution < -0.4 is 4.74 Å². The van der Waals surface area contributed by atoms with Crippen molar-refractivity contribution in [2.24, 2.45) is 0 Å². The van der Waals surface area contributed by atoms with Crippen LogP contribution in [0.3, 0.4) is 0 Å². The Labute approximate surface area is 106 Å². The molecule has 0 aliphatic carbocycles. The molecular weight excluding hydrogens is 236 g/mol. The van der Waals surface area contributed by atoms with Gasteiger partial charge >= 0.3 is 0 Å². The first kappa shape index (κ1) is 13.3. The van der Waals surface area contributed by atoms with E-state index >= 15 is 0 Å². The maximum atomic E-state index is 9.94. The van der Waals surface area contributed by atoms with Crippen LogP contribution in [0.4, 0.5) is 0 Å². The predicted octanol–water partition coefficient (Wildman–Crippen LogP) is 0.238. The lowest BCUT2D eigenvalue weighted by Gasteiger charge is -2.39. The molecule has 0 aromatic heterocycles. The van der Waals surface area contributed by atoms with Crippen LogP contribution in [0.5, 0.6) is 5.75 Å². The summed E-state index contributed by atoms with van der Waals surface area (Å²) in [6.45, 7) is 1.66. The van der Waals surface area contributed by atoms with Crippen LogP contribution >= 0.6 is 0 Å². The van der Waals surface area contributed by atoms with Crippen LogP contribution in [0.2, 0.25) is 0 Å². The van der Waals surface area contributed by atoms with Gasteiger partial charge in [0.1, 0.15) is 30.2 Å². The van der Waals surface area contributed by atoms with E-state index in [-0.39, 0.29) is 0 Å². The second-order valence-corrected chi connectivity index (χ2v) is 4.51. The van der Waals surface area contributed by atoms with Gasteiger partial charge in [0.25, 0.3) is 0 Å². The van der Waals surface area contributed by atoms with Crippen LogP contribution in [0.15, 0.2) is 24.3 Å². The number of benzene rings is 1. The molecular formula is C13H18O5. The van der Waals surface area contributed by atoms with Crippen LogP contribution in [-0.4, -0.2) is 46.8 Å². The van der Waals surface area contributed by atoms with Gasteiger partial charge in [-0.05, 0) is 24.6 Å². The molecule has 1 saturated heterocycles. The van der Waals surface area contributed by atoms with Crippen molar-refractivity contribution in [2.75, 3.05) is 7.11 Å². The molecule has 2 rings (SSSR count). The summed E-state index contributed by atoms with van der Waals surface area (Å²) in [4.78, 5) is 0. The predicted molar refractivity (Wildman–Crippen MR) is 64.3 cm³/mol. The Morgan fingerprint density at radius 1 is 1.00 bits per heavy atom. The highest BCUT2D eigenvalue weighted by Crippen LogP contribution is 2.32. The van der Waals surface area contributed by atoms with Crippen molar-refractivity contribution in [3.05, 3.63) is 29.8 Å². The molecule has 18 heavy (non-hydrogen) atoms. The topological polar surface area (TPSA) is 79.2 Å². The third-order valence-electron chi connectivity index (χ3n) is 3.30. The monoisotopic (exact) mass is 254 g/mol. The van der Waals surface area contributed by atoms with Gasteiger partial charge in [-0.2, -0.15) is 0 Å². The zero-order chi connectivity index (χ0) is 13.3. The third-order valence-corrected chi connectivity index (χ3v) is 3.30. The summed E-state index contributed by atoms with van der Waals surface area (Å²) < 4.78 is 10.6. The van der Waals surface area contributed by atoms with E-state index in [4.69, 9.17) is 9.47 Å². The normalized spacial score (nSPS) is 36.4. The molecule has 1 aliphatic heterocycles. The summed E-state index contributed by atoms with van der Waals surface area (Å²) in [5.74, 6) is 0.706. The van der Waals surface area contributed by atoms with Crippen molar-refractivity contribution >= 4 is 0 Å². The average Bonchev–Trinajstić information content (AvgIpc) is 2.41. The van der Waals surface area contributed by atoms with Crippen molar-refractivity contribution in [1.82, 2.24) is 0 Å². The van der Waals surface area contributed by atoms with E-state index in [2.05, 4.69) is 0 Å². The summed E-state index contributed by atoms with van der Waals surface area (Å²) in [7, 11) is 1.57. The van der Waals surface area contributed by atoms with Crippen molar-refractivity contribution in [2.45, 2.75) is 37.4 Å². The number of methoxy groups -OCH3 is 1. The minimum atomic E-state index is -1.21. The van der Waals surface area contributed by atoms with Gasteiger partial charge in [-0.1, -0.05) is 12.1 Å². The molecule has 1 aromatic rings. The molecule has 5 atom stereocenters. The number of hydrogen-bond acceptors (Lipinski definition) is 5. The average molecular weight is 254 g/mol. The molecule has 0 unspecified atom stereocenters. The third kappa shape index (κ3) is 2.35. The molecule has 100 valence electrons. The maximum absolute atomic E-state index is 9.94. The van der Waals surface area contributed by atoms with Gasteiger partial charge in [-0.15, -0.1) is 0 Å². The van der Waals surface area contributed by atoms with Gasteiger partial charge in [0.15, 0.2) is 0 Å². The SMILES string of the molecule is COc1ccc([C@H]2O[C@@H](C)[C@@H](O)[C@@H](O)[C@@H]2O)cc1. The van der Waals surface area contributed by atoms with Crippen molar-refractivity contribution in [1.29, 1.82) is 0 Å². The molecule has 0 amide bonds. The minimum absolute atomic E-state index is 0.532. The first-order chi connectivity index (χ1) is 8.54. The highest BCUT2D eigenvalue weighted by atomic mass is 16.5. The smallest absolute Gasteiger partial charge is 0.118 e. The number of rotatable bonds is 2. The van der Waals surface area contributed by atoms with Gasteiger partial charge < -0.3 is 24.8 Å². The lowest BCUT2D eigenvalue weighted by atomic mass is 9.91. The highest BCUT2D eigenvalue weighted by molar-refractivity contribution is 5.29.